The van der Waals surface area contributed by atoms with Crippen molar-refractivity contribution in [3.05, 3.63) is 65.2 Å². The number of halogens is 1. The standard InChI is InChI=1S/C29H34N2O5.C2H4O.2C2H6.CHClO/c1-19-17-20(29(2,3)4)18-24(26(19)32)30-28(34)27(33)23-9-10-25(22-8-6-5-7-21(22)23)36-16-13-31-11-14-35-15-12-31;1-2-3;2*1-2;2-1-3/h5-10,17-18,32H,11-16H2,1-4H3,(H,30,34);2H,1H3;2*1-2H3;1H. The molecule has 0 atom stereocenters. The van der Waals surface area contributed by atoms with Gasteiger partial charge in [-0.2, -0.15) is 0 Å². The van der Waals surface area contributed by atoms with Gasteiger partial charge in [0.25, 0.3) is 11.7 Å². The maximum absolute atomic E-state index is 13.2. The summed E-state index contributed by atoms with van der Waals surface area (Å²) in [5, 5.41) is 14.6. The molecule has 2 N–H and O–H groups in total. The molecule has 1 aliphatic rings. The van der Waals surface area contributed by atoms with E-state index in [9.17, 15) is 14.7 Å². The topological polar surface area (TPSA) is 122 Å². The summed E-state index contributed by atoms with van der Waals surface area (Å²) in [6, 6.07) is 14.4. The van der Waals surface area contributed by atoms with Crippen LogP contribution in [0, 0.1) is 6.92 Å². The Morgan fingerprint density at radius 2 is 1.54 bits per heavy atom. The number of phenols is 1. The zero-order valence-electron chi connectivity index (χ0n) is 28.7. The minimum absolute atomic E-state index is 0.0435. The smallest absolute Gasteiger partial charge is 0.296 e. The van der Waals surface area contributed by atoms with Crippen molar-refractivity contribution in [1.29, 1.82) is 0 Å². The number of ketones is 1. The number of amides is 1. The lowest BCUT2D eigenvalue weighted by Crippen LogP contribution is -2.38. The number of fused-ring (bicyclic) bond motifs is 1. The molecule has 10 heteroatoms. The molecule has 3 aromatic rings. The number of Topliss-reactive ketones (excluding diaryl/α,β-unsaturated/α-hetero) is 1. The summed E-state index contributed by atoms with van der Waals surface area (Å²) in [7, 11) is 0. The third-order valence-electron chi connectivity index (χ3n) is 6.52. The Hall–Kier alpha value is -3.79. The van der Waals surface area contributed by atoms with Crippen LogP contribution in [0.4, 0.5) is 5.69 Å². The van der Waals surface area contributed by atoms with E-state index >= 15 is 0 Å². The second-order valence-electron chi connectivity index (χ2n) is 10.5. The van der Waals surface area contributed by atoms with Gasteiger partial charge in [0.05, 0.1) is 18.9 Å². The molecule has 1 heterocycles. The van der Waals surface area contributed by atoms with Crippen LogP contribution in [0.3, 0.4) is 0 Å². The van der Waals surface area contributed by atoms with Crippen LogP contribution in [-0.4, -0.2) is 73.2 Å². The van der Waals surface area contributed by atoms with Crippen molar-refractivity contribution in [2.75, 3.05) is 44.8 Å². The van der Waals surface area contributed by atoms with E-state index in [2.05, 4.69) is 21.8 Å². The molecule has 4 rings (SSSR count). The van der Waals surface area contributed by atoms with Gasteiger partial charge >= 0.3 is 0 Å². The third kappa shape index (κ3) is 13.3. The minimum Gasteiger partial charge on any atom is -0.505 e. The van der Waals surface area contributed by atoms with Crippen molar-refractivity contribution in [3.63, 3.8) is 0 Å². The molecule has 9 nitrogen and oxygen atoms in total. The van der Waals surface area contributed by atoms with Crippen LogP contribution in [-0.2, 0) is 24.5 Å². The minimum atomic E-state index is -0.804. The van der Waals surface area contributed by atoms with Gasteiger partial charge in [-0.15, -0.1) is 0 Å². The number of phenolic OH excluding ortho intramolecular Hbond substituents is 1. The molecule has 0 saturated carbocycles. The van der Waals surface area contributed by atoms with E-state index < -0.39 is 11.7 Å². The van der Waals surface area contributed by atoms with E-state index in [1.54, 1.807) is 25.1 Å². The SMILES string of the molecule is CC.CC.CC=O.Cc1cc(C(C)(C)C)cc(NC(=O)C(=O)c2ccc(OCCN3CCOCC3)c3ccccc23)c1O.O=CCl. The van der Waals surface area contributed by atoms with Crippen LogP contribution in [0.1, 0.15) is 76.9 Å². The third-order valence-corrected chi connectivity index (χ3v) is 6.52. The van der Waals surface area contributed by atoms with E-state index in [1.807, 2.05) is 78.8 Å². The number of aryl methyl sites for hydroxylation is 1. The van der Waals surface area contributed by atoms with Gasteiger partial charge in [-0.3, -0.25) is 19.3 Å². The van der Waals surface area contributed by atoms with Gasteiger partial charge in [0, 0.05) is 30.6 Å². The lowest BCUT2D eigenvalue weighted by Gasteiger charge is -2.26. The molecule has 1 saturated heterocycles. The molecular weight excluding hydrogens is 608 g/mol. The van der Waals surface area contributed by atoms with Gasteiger partial charge in [-0.05, 0) is 65.6 Å². The first-order chi connectivity index (χ1) is 22.0. The molecule has 3 aromatic carbocycles. The van der Waals surface area contributed by atoms with E-state index in [0.29, 0.717) is 23.3 Å². The monoisotopic (exact) mass is 658 g/mol. The van der Waals surface area contributed by atoms with Gasteiger partial charge in [0.2, 0.25) is 5.75 Å². The second-order valence-corrected chi connectivity index (χ2v) is 10.7. The predicted octanol–water partition coefficient (Wildman–Crippen LogP) is 7.36. The number of nitrogens with zero attached hydrogens (tertiary/aromatic N) is 1. The lowest BCUT2D eigenvalue weighted by molar-refractivity contribution is -0.112. The molecule has 0 radical (unpaired) electrons. The largest absolute Gasteiger partial charge is 0.505 e. The molecule has 254 valence electrons. The molecule has 1 fully saturated rings. The molecule has 0 spiro atoms. The molecule has 0 bridgehead atoms. The Morgan fingerprint density at radius 1 is 1.00 bits per heavy atom. The number of aldehydes is 1. The summed E-state index contributed by atoms with van der Waals surface area (Å²) in [6.45, 7) is 21.9. The van der Waals surface area contributed by atoms with Crippen molar-refractivity contribution < 1.29 is 33.8 Å². The number of benzene rings is 3. The average molecular weight is 659 g/mol. The number of carbonyl (C=O) groups excluding carboxylic acids is 4. The molecule has 0 unspecified atom stereocenters. The maximum atomic E-state index is 13.2. The number of carbonyl (C=O) groups is 4. The van der Waals surface area contributed by atoms with Crippen LogP contribution in [0.15, 0.2) is 48.5 Å². The maximum Gasteiger partial charge on any atom is 0.296 e. The van der Waals surface area contributed by atoms with Gasteiger partial charge in [-0.25, -0.2) is 0 Å². The van der Waals surface area contributed by atoms with Crippen LogP contribution < -0.4 is 10.1 Å². The Labute approximate surface area is 279 Å². The predicted molar refractivity (Wildman–Crippen MR) is 188 cm³/mol. The van der Waals surface area contributed by atoms with Gasteiger partial charge in [0.1, 0.15) is 24.4 Å². The molecule has 46 heavy (non-hydrogen) atoms. The van der Waals surface area contributed by atoms with Gasteiger partial charge in [-0.1, -0.05) is 78.8 Å². The number of anilines is 1. The van der Waals surface area contributed by atoms with E-state index in [0.717, 1.165) is 50.1 Å². The first kappa shape index (κ1) is 42.2. The van der Waals surface area contributed by atoms with Crippen molar-refractivity contribution in [2.45, 2.75) is 67.7 Å². The Kier molecular flexibility index (Phi) is 20.8. The highest BCUT2D eigenvalue weighted by Crippen LogP contribution is 2.34. The van der Waals surface area contributed by atoms with Crippen LogP contribution in [0.25, 0.3) is 10.8 Å². The molecule has 0 aromatic heterocycles. The number of aromatic hydroxyl groups is 1. The summed E-state index contributed by atoms with van der Waals surface area (Å²) in [4.78, 5) is 45.9. The van der Waals surface area contributed by atoms with Crippen LogP contribution in [0.2, 0.25) is 0 Å². The zero-order chi connectivity index (χ0) is 35.3. The van der Waals surface area contributed by atoms with Gasteiger partial charge in [0.15, 0.2) is 0 Å². The number of morpholine rings is 1. The Morgan fingerprint density at radius 3 is 2.09 bits per heavy atom. The van der Waals surface area contributed by atoms with Gasteiger partial charge < -0.3 is 24.7 Å². The first-order valence-corrected chi connectivity index (χ1v) is 16.0. The highest BCUT2D eigenvalue weighted by atomic mass is 35.5. The number of rotatable bonds is 7. The van der Waals surface area contributed by atoms with Crippen molar-refractivity contribution in [3.8, 4) is 11.5 Å². The van der Waals surface area contributed by atoms with E-state index in [4.69, 9.17) is 19.1 Å². The number of hydrogen-bond acceptors (Lipinski definition) is 8. The molecule has 0 aliphatic carbocycles. The lowest BCUT2D eigenvalue weighted by atomic mass is 9.85. The normalized spacial score (nSPS) is 12.2. The fourth-order valence-corrected chi connectivity index (χ4v) is 4.31. The fourth-order valence-electron chi connectivity index (χ4n) is 4.31. The quantitative estimate of drug-likeness (QED) is 0.0888. The van der Waals surface area contributed by atoms with Crippen molar-refractivity contribution in [1.82, 2.24) is 4.90 Å². The second kappa shape index (κ2) is 22.7. The summed E-state index contributed by atoms with van der Waals surface area (Å²) in [5.74, 6) is -0.633. The summed E-state index contributed by atoms with van der Waals surface area (Å²) >= 11 is 4.32. The van der Waals surface area contributed by atoms with Crippen LogP contribution >= 0.6 is 11.6 Å². The van der Waals surface area contributed by atoms with E-state index in [-0.39, 0.29) is 28.2 Å². The Bertz CT molecular complexity index is 1370. The van der Waals surface area contributed by atoms with Crippen molar-refractivity contribution >= 4 is 51.8 Å². The summed E-state index contributed by atoms with van der Waals surface area (Å²) in [6.07, 6.45) is 0.750. The van der Waals surface area contributed by atoms with Crippen LogP contribution in [0.5, 0.6) is 11.5 Å². The van der Waals surface area contributed by atoms with E-state index in [1.165, 1.54) is 6.92 Å². The highest BCUT2D eigenvalue weighted by molar-refractivity contribution is 6.54. The number of ether oxygens (including phenoxy) is 2. The highest BCUT2D eigenvalue weighted by Gasteiger charge is 2.23. The molecule has 1 aliphatic heterocycles. The fraction of sp³-hybridized carbons (Fsp3) is 0.444. The number of hydrogen-bond donors (Lipinski definition) is 2. The summed E-state index contributed by atoms with van der Waals surface area (Å²) < 4.78 is 11.4. The molecule has 1 amide bonds. The molecular formula is C36H51ClN2O7. The van der Waals surface area contributed by atoms with Crippen molar-refractivity contribution in [2.24, 2.45) is 0 Å². The first-order valence-electron chi connectivity index (χ1n) is 15.6. The average Bonchev–Trinajstić information content (AvgIpc) is 3.05. The zero-order valence-corrected chi connectivity index (χ0v) is 29.5. The number of nitrogens with one attached hydrogen (secondary N) is 1. The Balaban J connectivity index is 0.00000182. The summed E-state index contributed by atoms with van der Waals surface area (Å²) in [5.41, 5.74) is 1.91.